The van der Waals surface area contributed by atoms with Gasteiger partial charge in [0.2, 0.25) is 0 Å². The molecule has 0 fully saturated rings. The molecular weight excluding hydrogens is 248 g/mol. The number of rotatable bonds is 13. The van der Waals surface area contributed by atoms with Crippen molar-refractivity contribution >= 4 is 0 Å². The van der Waals surface area contributed by atoms with Gasteiger partial charge in [-0.15, -0.1) is 0 Å². The van der Waals surface area contributed by atoms with Crippen LogP contribution in [0.25, 0.3) is 0 Å². The maximum Gasteiger partial charge on any atom is 0.0186 e. The molecule has 0 aliphatic carbocycles. The molecule has 0 aromatic heterocycles. The molecule has 2 unspecified atom stereocenters. The molecule has 0 heterocycles. The monoisotopic (exact) mass is 286 g/mol. The zero-order valence-corrected chi connectivity index (χ0v) is 14.7. The van der Waals surface area contributed by atoms with E-state index in [-0.39, 0.29) is 0 Å². The lowest BCUT2D eigenvalue weighted by molar-refractivity contribution is 0.301. The summed E-state index contributed by atoms with van der Waals surface area (Å²) in [4.78, 5) is 4.51. The molecule has 20 heavy (non-hydrogen) atoms. The van der Waals surface area contributed by atoms with Gasteiger partial charge in [-0.3, -0.25) is 0 Å². The van der Waals surface area contributed by atoms with Gasteiger partial charge in [0.15, 0.2) is 0 Å². The van der Waals surface area contributed by atoms with Crippen LogP contribution in [0.1, 0.15) is 39.5 Å². The van der Waals surface area contributed by atoms with Crippen LogP contribution in [-0.4, -0.2) is 76.3 Å². The van der Waals surface area contributed by atoms with Crippen molar-refractivity contribution < 1.29 is 0 Å². The van der Waals surface area contributed by atoms with E-state index in [1.165, 1.54) is 25.7 Å². The van der Waals surface area contributed by atoms with Crippen molar-refractivity contribution in [2.45, 2.75) is 51.6 Å². The van der Waals surface area contributed by atoms with Crippen LogP contribution in [0.15, 0.2) is 0 Å². The summed E-state index contributed by atoms with van der Waals surface area (Å²) in [5.41, 5.74) is 0. The molecule has 4 nitrogen and oxygen atoms in total. The lowest BCUT2D eigenvalue weighted by Crippen LogP contribution is -2.36. The summed E-state index contributed by atoms with van der Waals surface area (Å²) >= 11 is 0. The summed E-state index contributed by atoms with van der Waals surface area (Å²) in [6.07, 6.45) is 5.28. The van der Waals surface area contributed by atoms with Gasteiger partial charge in [0.25, 0.3) is 0 Å². The van der Waals surface area contributed by atoms with Crippen LogP contribution in [0.5, 0.6) is 0 Å². The van der Waals surface area contributed by atoms with E-state index in [1.54, 1.807) is 0 Å². The van der Waals surface area contributed by atoms with Crippen LogP contribution in [0.2, 0.25) is 0 Å². The van der Waals surface area contributed by atoms with E-state index in [0.717, 1.165) is 26.2 Å². The Morgan fingerprint density at radius 3 is 1.30 bits per heavy atom. The number of hydrogen-bond donors (Lipinski definition) is 2. The molecule has 0 bridgehead atoms. The maximum absolute atomic E-state index is 3.53. The van der Waals surface area contributed by atoms with Crippen molar-refractivity contribution in [3.05, 3.63) is 0 Å². The number of likely N-dealkylation sites (N-methyl/N-ethyl adjacent to an activating group) is 2. The van der Waals surface area contributed by atoms with Crippen LogP contribution in [0.4, 0.5) is 0 Å². The Labute approximate surface area is 127 Å². The van der Waals surface area contributed by atoms with Crippen LogP contribution in [-0.2, 0) is 0 Å². The minimum Gasteiger partial charge on any atom is -0.315 e. The van der Waals surface area contributed by atoms with Gasteiger partial charge in [0.1, 0.15) is 0 Å². The number of nitrogens with one attached hydrogen (secondary N) is 2. The van der Waals surface area contributed by atoms with E-state index in [2.05, 4.69) is 62.5 Å². The van der Waals surface area contributed by atoms with Gasteiger partial charge in [-0.1, -0.05) is 12.8 Å². The Kier molecular flexibility index (Phi) is 12.5. The predicted octanol–water partition coefficient (Wildman–Crippen LogP) is 1.63. The Hall–Kier alpha value is -0.160. The first-order valence-corrected chi connectivity index (χ1v) is 8.19. The molecule has 0 rings (SSSR count). The maximum atomic E-state index is 3.53. The second-order valence-electron chi connectivity index (χ2n) is 6.45. The molecule has 0 saturated heterocycles. The molecule has 0 saturated carbocycles. The normalized spacial score (nSPS) is 15.0. The van der Waals surface area contributed by atoms with E-state index >= 15 is 0 Å². The van der Waals surface area contributed by atoms with E-state index in [9.17, 15) is 0 Å². The van der Waals surface area contributed by atoms with Gasteiger partial charge >= 0.3 is 0 Å². The van der Waals surface area contributed by atoms with E-state index in [4.69, 9.17) is 0 Å². The third kappa shape index (κ3) is 11.6. The first kappa shape index (κ1) is 19.8. The molecule has 0 amide bonds. The number of hydrogen-bond acceptors (Lipinski definition) is 4. The third-order valence-corrected chi connectivity index (χ3v) is 4.10. The van der Waals surface area contributed by atoms with Crippen LogP contribution >= 0.6 is 0 Å². The molecule has 4 heteroatoms. The molecule has 122 valence electrons. The summed E-state index contributed by atoms with van der Waals surface area (Å²) < 4.78 is 0. The highest BCUT2D eigenvalue weighted by atomic mass is 15.1. The van der Waals surface area contributed by atoms with Crippen molar-refractivity contribution in [1.29, 1.82) is 0 Å². The van der Waals surface area contributed by atoms with Crippen molar-refractivity contribution in [2.24, 2.45) is 0 Å². The molecule has 0 aromatic rings. The SMILES string of the molecule is CC(CNCCCCCCNCC(C)N(C)C)N(C)C. The summed E-state index contributed by atoms with van der Waals surface area (Å²) in [7, 11) is 8.54. The largest absolute Gasteiger partial charge is 0.315 e. The lowest BCUT2D eigenvalue weighted by Gasteiger charge is -2.20. The average Bonchev–Trinajstić information content (AvgIpc) is 2.39. The van der Waals surface area contributed by atoms with E-state index in [1.807, 2.05) is 0 Å². The molecule has 0 radical (unpaired) electrons. The zero-order chi connectivity index (χ0) is 15.4. The first-order valence-electron chi connectivity index (χ1n) is 8.19. The Balaban J connectivity index is 3.18. The Morgan fingerprint density at radius 2 is 1.00 bits per heavy atom. The van der Waals surface area contributed by atoms with Crippen molar-refractivity contribution in [3.8, 4) is 0 Å². The molecule has 0 aromatic carbocycles. The topological polar surface area (TPSA) is 30.5 Å². The first-order chi connectivity index (χ1) is 9.45. The molecule has 2 N–H and O–H groups in total. The lowest BCUT2D eigenvalue weighted by atomic mass is 10.2. The summed E-state index contributed by atoms with van der Waals surface area (Å²) in [6, 6.07) is 1.25. The fourth-order valence-electron chi connectivity index (χ4n) is 1.84. The minimum atomic E-state index is 0.623. The quantitative estimate of drug-likeness (QED) is 0.504. The number of unbranched alkanes of at least 4 members (excludes halogenated alkanes) is 3. The van der Waals surface area contributed by atoms with Crippen molar-refractivity contribution in [1.82, 2.24) is 20.4 Å². The number of nitrogens with zero attached hydrogens (tertiary/aromatic N) is 2. The summed E-state index contributed by atoms with van der Waals surface area (Å²) in [5, 5.41) is 7.07. The highest BCUT2D eigenvalue weighted by molar-refractivity contribution is 4.64. The smallest absolute Gasteiger partial charge is 0.0186 e. The average molecular weight is 287 g/mol. The van der Waals surface area contributed by atoms with Gasteiger partial charge in [0, 0.05) is 25.2 Å². The van der Waals surface area contributed by atoms with Gasteiger partial charge in [-0.2, -0.15) is 0 Å². The minimum absolute atomic E-state index is 0.623. The highest BCUT2D eigenvalue weighted by Gasteiger charge is 2.03. The van der Waals surface area contributed by atoms with Crippen molar-refractivity contribution in [2.75, 3.05) is 54.4 Å². The Morgan fingerprint density at radius 1 is 0.650 bits per heavy atom. The molecule has 0 aliphatic rings. The van der Waals surface area contributed by atoms with Crippen LogP contribution < -0.4 is 10.6 Å². The zero-order valence-electron chi connectivity index (χ0n) is 14.7. The Bertz CT molecular complexity index is 185. The fourth-order valence-corrected chi connectivity index (χ4v) is 1.84. The van der Waals surface area contributed by atoms with E-state index < -0.39 is 0 Å². The molecule has 0 spiro atoms. The van der Waals surface area contributed by atoms with Crippen LogP contribution in [0, 0.1) is 0 Å². The predicted molar refractivity (Wildman–Crippen MR) is 90.5 cm³/mol. The molecule has 0 aliphatic heterocycles. The van der Waals surface area contributed by atoms with Gasteiger partial charge in [-0.25, -0.2) is 0 Å². The van der Waals surface area contributed by atoms with Gasteiger partial charge in [0.05, 0.1) is 0 Å². The standard InChI is InChI=1S/C16H38N4/c1-15(19(3)4)13-17-11-9-7-8-10-12-18-14-16(2)20(5)6/h15-18H,7-14H2,1-6H3. The van der Waals surface area contributed by atoms with Crippen LogP contribution in [0.3, 0.4) is 0 Å². The van der Waals surface area contributed by atoms with Gasteiger partial charge < -0.3 is 20.4 Å². The van der Waals surface area contributed by atoms with Crippen molar-refractivity contribution in [3.63, 3.8) is 0 Å². The second-order valence-corrected chi connectivity index (χ2v) is 6.45. The van der Waals surface area contributed by atoms with E-state index in [0.29, 0.717) is 12.1 Å². The highest BCUT2D eigenvalue weighted by Crippen LogP contribution is 1.98. The molecule has 2 atom stereocenters. The fraction of sp³-hybridized carbons (Fsp3) is 1.00. The third-order valence-electron chi connectivity index (χ3n) is 4.10. The summed E-state index contributed by atoms with van der Waals surface area (Å²) in [6.45, 7) is 9.02. The van der Waals surface area contributed by atoms with Gasteiger partial charge in [-0.05, 0) is 68.0 Å². The molecular formula is C16H38N4. The second kappa shape index (κ2) is 12.6. The summed E-state index contributed by atoms with van der Waals surface area (Å²) in [5.74, 6) is 0.